The zero-order valence-electron chi connectivity index (χ0n) is 8.94. The van der Waals surface area contributed by atoms with Crippen LogP contribution in [0.3, 0.4) is 0 Å². The zero-order valence-corrected chi connectivity index (χ0v) is 10.6. The first-order valence-corrected chi connectivity index (χ1v) is 6.46. The number of rotatable bonds is 3. The summed E-state index contributed by atoms with van der Waals surface area (Å²) in [5.41, 5.74) is 1.06. The summed E-state index contributed by atoms with van der Waals surface area (Å²) in [5, 5.41) is 7.30. The second kappa shape index (κ2) is 4.38. The highest BCUT2D eigenvalue weighted by molar-refractivity contribution is 7.20. The minimum absolute atomic E-state index is 0.359. The molecule has 2 aromatic heterocycles. The van der Waals surface area contributed by atoms with Crippen LogP contribution >= 0.6 is 22.7 Å². The van der Waals surface area contributed by atoms with Crippen LogP contribution in [0.1, 0.15) is 23.5 Å². The van der Waals surface area contributed by atoms with E-state index in [-0.39, 0.29) is 0 Å². The number of aryl methyl sites for hydroxylation is 1. The van der Waals surface area contributed by atoms with Gasteiger partial charge < -0.3 is 5.32 Å². The molecule has 0 saturated carbocycles. The van der Waals surface area contributed by atoms with Crippen molar-refractivity contribution in [3.63, 3.8) is 0 Å². The van der Waals surface area contributed by atoms with Crippen molar-refractivity contribution < 1.29 is 0 Å². The summed E-state index contributed by atoms with van der Waals surface area (Å²) in [5.74, 6) is 0. The lowest BCUT2D eigenvalue weighted by Gasteiger charge is -2.04. The van der Waals surface area contributed by atoms with E-state index in [4.69, 9.17) is 0 Å². The van der Waals surface area contributed by atoms with Gasteiger partial charge in [-0.3, -0.25) is 0 Å². The number of hydrogen-bond donors (Lipinski definition) is 1. The Bertz CT molecular complexity index is 447. The molecule has 2 rings (SSSR count). The van der Waals surface area contributed by atoms with Gasteiger partial charge >= 0.3 is 0 Å². The molecule has 1 N–H and O–H groups in total. The van der Waals surface area contributed by atoms with Crippen molar-refractivity contribution in [2.45, 2.75) is 19.9 Å². The number of nitrogens with one attached hydrogen (secondary N) is 1. The first-order chi connectivity index (χ1) is 7.20. The van der Waals surface area contributed by atoms with E-state index in [9.17, 15) is 0 Å². The normalized spacial score (nSPS) is 13.0. The second-order valence-electron chi connectivity index (χ2n) is 3.37. The molecule has 0 aliphatic heterocycles. The largest absolute Gasteiger partial charge is 0.312 e. The topological polar surface area (TPSA) is 37.8 Å². The predicted molar refractivity (Wildman–Crippen MR) is 65.4 cm³/mol. The number of aromatic nitrogens is 2. The van der Waals surface area contributed by atoms with E-state index in [0.717, 1.165) is 15.7 Å². The highest BCUT2D eigenvalue weighted by atomic mass is 32.1. The maximum absolute atomic E-state index is 4.43. The van der Waals surface area contributed by atoms with Crippen molar-refractivity contribution in [3.05, 3.63) is 22.1 Å². The highest BCUT2D eigenvalue weighted by Crippen LogP contribution is 2.30. The molecule has 0 fully saturated rings. The minimum Gasteiger partial charge on any atom is -0.312 e. The summed E-state index contributed by atoms with van der Waals surface area (Å²) in [6.45, 7) is 4.13. The quantitative estimate of drug-likeness (QED) is 0.895. The molecule has 0 radical (unpaired) electrons. The summed E-state index contributed by atoms with van der Waals surface area (Å²) in [4.78, 5) is 10.1. The van der Waals surface area contributed by atoms with Crippen LogP contribution in [-0.4, -0.2) is 17.0 Å². The summed E-state index contributed by atoms with van der Waals surface area (Å²) in [7, 11) is 1.96. The van der Waals surface area contributed by atoms with Gasteiger partial charge in [-0.15, -0.1) is 22.7 Å². The van der Waals surface area contributed by atoms with Crippen molar-refractivity contribution in [2.24, 2.45) is 0 Å². The highest BCUT2D eigenvalue weighted by Gasteiger charge is 2.11. The van der Waals surface area contributed by atoms with Gasteiger partial charge in [-0.25, -0.2) is 9.97 Å². The molecule has 2 aromatic rings. The van der Waals surface area contributed by atoms with Crippen LogP contribution in [-0.2, 0) is 0 Å². The Morgan fingerprint density at radius 3 is 2.80 bits per heavy atom. The zero-order chi connectivity index (χ0) is 10.8. The lowest BCUT2D eigenvalue weighted by molar-refractivity contribution is 0.662. The molecule has 0 bridgehead atoms. The predicted octanol–water partition coefficient (Wildman–Crippen LogP) is 2.86. The Morgan fingerprint density at radius 2 is 2.20 bits per heavy atom. The average Bonchev–Trinajstić information content (AvgIpc) is 2.84. The van der Waals surface area contributed by atoms with Crippen molar-refractivity contribution in [3.8, 4) is 10.0 Å². The molecule has 1 atom stereocenters. The van der Waals surface area contributed by atoms with Crippen LogP contribution in [0, 0.1) is 6.92 Å². The van der Waals surface area contributed by atoms with Gasteiger partial charge in [-0.2, -0.15) is 0 Å². The maximum atomic E-state index is 4.43. The fourth-order valence-corrected chi connectivity index (χ4v) is 3.00. The monoisotopic (exact) mass is 239 g/mol. The van der Waals surface area contributed by atoms with E-state index in [1.54, 1.807) is 22.7 Å². The van der Waals surface area contributed by atoms with Gasteiger partial charge in [0.2, 0.25) is 0 Å². The molecule has 0 aliphatic carbocycles. The Morgan fingerprint density at radius 1 is 1.40 bits per heavy atom. The first-order valence-electron chi connectivity index (χ1n) is 4.76. The average molecular weight is 239 g/mol. The Hall–Kier alpha value is -0.780. The van der Waals surface area contributed by atoms with E-state index < -0.39 is 0 Å². The smallest absolute Gasteiger partial charge is 0.152 e. The summed E-state index contributed by atoms with van der Waals surface area (Å²) in [6.07, 6.45) is 1.93. The molecule has 15 heavy (non-hydrogen) atoms. The molecule has 0 spiro atoms. The van der Waals surface area contributed by atoms with Gasteiger partial charge in [0.1, 0.15) is 0 Å². The number of nitrogens with zero attached hydrogens (tertiary/aromatic N) is 2. The fourth-order valence-electron chi connectivity index (χ4n) is 1.18. The molecule has 0 saturated heterocycles. The molecule has 2 heterocycles. The summed E-state index contributed by atoms with van der Waals surface area (Å²) >= 11 is 3.36. The van der Waals surface area contributed by atoms with E-state index in [1.165, 1.54) is 4.88 Å². The SMILES string of the molecule is CNC(C)c1cnc(-c2nc(C)cs2)s1. The third-order valence-electron chi connectivity index (χ3n) is 2.19. The number of thiazole rings is 2. The molecule has 0 aromatic carbocycles. The van der Waals surface area contributed by atoms with Crippen LogP contribution in [0.15, 0.2) is 11.6 Å². The third kappa shape index (κ3) is 2.25. The fraction of sp³-hybridized carbons (Fsp3) is 0.400. The van der Waals surface area contributed by atoms with Gasteiger partial charge in [-0.1, -0.05) is 0 Å². The Balaban J connectivity index is 2.27. The van der Waals surface area contributed by atoms with Gasteiger partial charge in [0.15, 0.2) is 10.0 Å². The van der Waals surface area contributed by atoms with Gasteiger partial charge in [0.05, 0.1) is 0 Å². The van der Waals surface area contributed by atoms with E-state index in [2.05, 4.69) is 27.6 Å². The van der Waals surface area contributed by atoms with Gasteiger partial charge in [0.25, 0.3) is 0 Å². The molecular formula is C10H13N3S2. The van der Waals surface area contributed by atoms with Gasteiger partial charge in [-0.05, 0) is 20.9 Å². The lowest BCUT2D eigenvalue weighted by atomic mass is 10.3. The van der Waals surface area contributed by atoms with Crippen molar-refractivity contribution in [1.82, 2.24) is 15.3 Å². The van der Waals surface area contributed by atoms with Crippen molar-refractivity contribution >= 4 is 22.7 Å². The standard InChI is InChI=1S/C10H13N3S2/c1-6-5-14-10(13-6)9-12-4-8(15-9)7(2)11-3/h4-5,7,11H,1-3H3. The Labute approximate surface area is 97.2 Å². The first kappa shape index (κ1) is 10.7. The van der Waals surface area contributed by atoms with Crippen LogP contribution in [0.4, 0.5) is 0 Å². The summed E-state index contributed by atoms with van der Waals surface area (Å²) < 4.78 is 0. The maximum Gasteiger partial charge on any atom is 0.152 e. The van der Waals surface area contributed by atoms with Crippen molar-refractivity contribution in [1.29, 1.82) is 0 Å². The van der Waals surface area contributed by atoms with Crippen LogP contribution in [0.25, 0.3) is 10.0 Å². The number of hydrogen-bond acceptors (Lipinski definition) is 5. The minimum atomic E-state index is 0.359. The molecule has 5 heteroatoms. The van der Waals surface area contributed by atoms with E-state index >= 15 is 0 Å². The van der Waals surface area contributed by atoms with E-state index in [1.807, 2.05) is 20.2 Å². The van der Waals surface area contributed by atoms with Crippen LogP contribution < -0.4 is 5.32 Å². The molecule has 1 unspecified atom stereocenters. The molecule has 80 valence electrons. The molecule has 3 nitrogen and oxygen atoms in total. The molecular weight excluding hydrogens is 226 g/mol. The Kier molecular flexibility index (Phi) is 3.14. The van der Waals surface area contributed by atoms with Crippen molar-refractivity contribution in [2.75, 3.05) is 7.05 Å². The van der Waals surface area contributed by atoms with Gasteiger partial charge in [0, 0.05) is 28.2 Å². The second-order valence-corrected chi connectivity index (χ2v) is 5.29. The molecule has 0 amide bonds. The lowest BCUT2D eigenvalue weighted by Crippen LogP contribution is -2.10. The third-order valence-corrected chi connectivity index (χ3v) is 4.47. The van der Waals surface area contributed by atoms with Crippen LogP contribution in [0.5, 0.6) is 0 Å². The summed E-state index contributed by atoms with van der Waals surface area (Å²) in [6, 6.07) is 0.359. The van der Waals surface area contributed by atoms with Crippen LogP contribution in [0.2, 0.25) is 0 Å². The molecule has 0 aliphatic rings. The van der Waals surface area contributed by atoms with E-state index in [0.29, 0.717) is 6.04 Å².